The van der Waals surface area contributed by atoms with E-state index < -0.39 is 0 Å². The molecule has 2 atom stereocenters. The molecular weight excluding hydrogens is 310 g/mol. The van der Waals surface area contributed by atoms with E-state index in [1.165, 1.54) is 0 Å². The van der Waals surface area contributed by atoms with Gasteiger partial charge in [0.05, 0.1) is 12.0 Å². The maximum absolute atomic E-state index is 12.5. The van der Waals surface area contributed by atoms with Crippen molar-refractivity contribution in [2.75, 3.05) is 13.1 Å². The molecule has 3 heterocycles. The van der Waals surface area contributed by atoms with Gasteiger partial charge in [0, 0.05) is 24.8 Å². The summed E-state index contributed by atoms with van der Waals surface area (Å²) >= 11 is 3.27. The quantitative estimate of drug-likeness (QED) is 0.790. The van der Waals surface area contributed by atoms with Crippen LogP contribution in [0.4, 0.5) is 0 Å². The molecule has 0 radical (unpaired) electrons. The second kappa shape index (κ2) is 4.92. The van der Waals surface area contributed by atoms with Crippen LogP contribution in [0.5, 0.6) is 0 Å². The van der Waals surface area contributed by atoms with Gasteiger partial charge in [-0.05, 0) is 40.9 Å². The Morgan fingerprint density at radius 3 is 3.16 bits per heavy atom. The lowest BCUT2D eigenvalue weighted by Gasteiger charge is -2.35. The van der Waals surface area contributed by atoms with Gasteiger partial charge in [-0.15, -0.1) is 0 Å². The fraction of sp³-hybridized carbons (Fsp3) is 0.462. The topological polar surface area (TPSA) is 62.3 Å². The first-order valence-corrected chi connectivity index (χ1v) is 7.16. The molecular formula is C13H14BrN3O2. The third-order valence-electron chi connectivity index (χ3n) is 3.84. The van der Waals surface area contributed by atoms with E-state index >= 15 is 0 Å². The molecule has 6 heteroatoms. The normalized spacial score (nSPS) is 25.9. The van der Waals surface area contributed by atoms with Crippen molar-refractivity contribution in [2.45, 2.75) is 18.9 Å². The van der Waals surface area contributed by atoms with Crippen molar-refractivity contribution in [3.8, 4) is 0 Å². The molecule has 100 valence electrons. The summed E-state index contributed by atoms with van der Waals surface area (Å²) in [4.78, 5) is 30.1. The molecule has 2 aliphatic heterocycles. The zero-order chi connectivity index (χ0) is 13.4. The van der Waals surface area contributed by atoms with E-state index in [-0.39, 0.29) is 23.8 Å². The monoisotopic (exact) mass is 323 g/mol. The van der Waals surface area contributed by atoms with E-state index in [9.17, 15) is 9.59 Å². The minimum Gasteiger partial charge on any atom is -0.354 e. The number of halogens is 1. The highest BCUT2D eigenvalue weighted by atomic mass is 79.9. The number of nitrogens with one attached hydrogen (secondary N) is 1. The molecule has 1 aromatic heterocycles. The van der Waals surface area contributed by atoms with Crippen molar-refractivity contribution in [3.05, 3.63) is 28.5 Å². The first-order valence-electron chi connectivity index (χ1n) is 6.37. The van der Waals surface area contributed by atoms with Crippen molar-refractivity contribution in [2.24, 2.45) is 5.92 Å². The molecule has 2 fully saturated rings. The number of hydrogen-bond acceptors (Lipinski definition) is 3. The van der Waals surface area contributed by atoms with E-state index in [1.807, 2.05) is 4.90 Å². The number of aromatic nitrogens is 1. The van der Waals surface area contributed by atoms with Gasteiger partial charge in [-0.25, -0.2) is 4.98 Å². The van der Waals surface area contributed by atoms with Gasteiger partial charge in [0.15, 0.2) is 0 Å². The molecule has 0 spiro atoms. The van der Waals surface area contributed by atoms with Gasteiger partial charge in [-0.3, -0.25) is 9.59 Å². The van der Waals surface area contributed by atoms with Gasteiger partial charge in [0.2, 0.25) is 5.91 Å². The minimum atomic E-state index is -0.0389. The number of amides is 2. The molecule has 2 amide bonds. The first-order chi connectivity index (χ1) is 9.16. The van der Waals surface area contributed by atoms with Crippen LogP contribution in [0, 0.1) is 5.92 Å². The van der Waals surface area contributed by atoms with Crippen molar-refractivity contribution >= 4 is 27.7 Å². The molecule has 1 aromatic rings. The molecule has 0 aliphatic carbocycles. The van der Waals surface area contributed by atoms with Crippen molar-refractivity contribution in [1.82, 2.24) is 15.2 Å². The van der Waals surface area contributed by atoms with E-state index in [2.05, 4.69) is 26.2 Å². The molecule has 5 nitrogen and oxygen atoms in total. The summed E-state index contributed by atoms with van der Waals surface area (Å²) in [5, 5.41) is 2.85. The standard InChI is InChI=1S/C13H14BrN3O2/c14-11-6-8(3-4-15-11)13(19)17-5-1-2-9-10(17)7-16-12(9)18/h3-4,6,9-10H,1-2,5,7H2,(H,16,18). The van der Waals surface area contributed by atoms with Gasteiger partial charge in [0.1, 0.15) is 4.60 Å². The molecule has 2 aliphatic rings. The Morgan fingerprint density at radius 2 is 2.37 bits per heavy atom. The van der Waals surface area contributed by atoms with Crippen LogP contribution < -0.4 is 5.32 Å². The molecule has 0 saturated carbocycles. The molecule has 2 unspecified atom stereocenters. The highest BCUT2D eigenvalue weighted by Gasteiger charge is 2.42. The SMILES string of the molecule is O=C1NCC2C1CCCN2C(=O)c1ccnc(Br)c1. The highest BCUT2D eigenvalue weighted by molar-refractivity contribution is 9.10. The van der Waals surface area contributed by atoms with Crippen molar-refractivity contribution < 1.29 is 9.59 Å². The van der Waals surface area contributed by atoms with Gasteiger partial charge in [0.25, 0.3) is 5.91 Å². The Hall–Kier alpha value is -1.43. The predicted octanol–water partition coefficient (Wildman–Crippen LogP) is 1.19. The second-order valence-electron chi connectivity index (χ2n) is 4.93. The van der Waals surface area contributed by atoms with E-state index in [0.29, 0.717) is 16.7 Å². The number of pyridine rings is 1. The van der Waals surface area contributed by atoms with Crippen LogP contribution in [0.2, 0.25) is 0 Å². The number of carbonyl (C=O) groups is 2. The summed E-state index contributed by atoms with van der Waals surface area (Å²) in [7, 11) is 0. The van der Waals surface area contributed by atoms with Crippen LogP contribution in [-0.2, 0) is 4.79 Å². The number of hydrogen-bond donors (Lipinski definition) is 1. The van der Waals surface area contributed by atoms with Crippen LogP contribution in [0.25, 0.3) is 0 Å². The van der Waals surface area contributed by atoms with Crippen molar-refractivity contribution in [3.63, 3.8) is 0 Å². The van der Waals surface area contributed by atoms with Gasteiger partial charge in [-0.2, -0.15) is 0 Å². The summed E-state index contributed by atoms with van der Waals surface area (Å²) in [6.45, 7) is 1.29. The van der Waals surface area contributed by atoms with Gasteiger partial charge < -0.3 is 10.2 Å². The van der Waals surface area contributed by atoms with Crippen molar-refractivity contribution in [1.29, 1.82) is 0 Å². The number of nitrogens with zero attached hydrogens (tertiary/aromatic N) is 2. The summed E-state index contributed by atoms with van der Waals surface area (Å²) < 4.78 is 0.646. The zero-order valence-corrected chi connectivity index (χ0v) is 11.9. The predicted molar refractivity (Wildman–Crippen MR) is 72.5 cm³/mol. The summed E-state index contributed by atoms with van der Waals surface area (Å²) in [5.41, 5.74) is 0.613. The van der Waals surface area contributed by atoms with Crippen LogP contribution >= 0.6 is 15.9 Å². The largest absolute Gasteiger partial charge is 0.354 e. The molecule has 3 rings (SSSR count). The Kier molecular flexibility index (Phi) is 3.26. The number of likely N-dealkylation sites (tertiary alicyclic amines) is 1. The second-order valence-corrected chi connectivity index (χ2v) is 5.74. The van der Waals surface area contributed by atoms with Crippen LogP contribution in [-0.4, -0.2) is 40.8 Å². The third-order valence-corrected chi connectivity index (χ3v) is 4.27. The van der Waals surface area contributed by atoms with E-state index in [0.717, 1.165) is 19.4 Å². The summed E-state index contributed by atoms with van der Waals surface area (Å²) in [5.74, 6) is 0.0238. The lowest BCUT2D eigenvalue weighted by atomic mass is 9.91. The molecule has 19 heavy (non-hydrogen) atoms. The Morgan fingerprint density at radius 1 is 1.53 bits per heavy atom. The average Bonchev–Trinajstić information content (AvgIpc) is 2.80. The minimum absolute atomic E-state index is 0.000640. The lowest BCUT2D eigenvalue weighted by Crippen LogP contribution is -2.48. The van der Waals surface area contributed by atoms with Crippen LogP contribution in [0.15, 0.2) is 22.9 Å². The number of fused-ring (bicyclic) bond motifs is 1. The molecule has 1 N–H and O–H groups in total. The van der Waals surface area contributed by atoms with Gasteiger partial charge >= 0.3 is 0 Å². The summed E-state index contributed by atoms with van der Waals surface area (Å²) in [6, 6.07) is 3.43. The first kappa shape index (κ1) is 12.6. The number of piperidine rings is 1. The maximum Gasteiger partial charge on any atom is 0.254 e. The summed E-state index contributed by atoms with van der Waals surface area (Å²) in [6.07, 6.45) is 3.36. The fourth-order valence-corrected chi connectivity index (χ4v) is 3.27. The number of carbonyl (C=O) groups excluding carboxylic acids is 2. The third kappa shape index (κ3) is 2.25. The maximum atomic E-state index is 12.5. The average molecular weight is 324 g/mol. The molecule has 0 bridgehead atoms. The number of rotatable bonds is 1. The molecule has 0 aromatic carbocycles. The van der Waals surface area contributed by atoms with Gasteiger partial charge in [-0.1, -0.05) is 0 Å². The van der Waals surface area contributed by atoms with E-state index in [4.69, 9.17) is 0 Å². The Labute approximate surface area is 119 Å². The highest BCUT2D eigenvalue weighted by Crippen LogP contribution is 2.28. The van der Waals surface area contributed by atoms with Crippen LogP contribution in [0.3, 0.4) is 0 Å². The Bertz CT molecular complexity index is 534. The Balaban J connectivity index is 1.85. The van der Waals surface area contributed by atoms with E-state index in [1.54, 1.807) is 18.3 Å². The zero-order valence-electron chi connectivity index (χ0n) is 10.3. The molecule has 2 saturated heterocycles. The smallest absolute Gasteiger partial charge is 0.254 e. The van der Waals surface area contributed by atoms with Crippen LogP contribution in [0.1, 0.15) is 23.2 Å². The fourth-order valence-electron chi connectivity index (χ4n) is 2.90. The lowest BCUT2D eigenvalue weighted by molar-refractivity contribution is -0.123.